The fourth-order valence-electron chi connectivity index (χ4n) is 7.85. The Labute approximate surface area is 617 Å². The molecule has 0 amide bonds. The maximum absolute atomic E-state index is 11.6. The van der Waals surface area contributed by atoms with Gasteiger partial charge in [-0.15, -0.1) is 10.1 Å². The molecule has 0 atom stereocenters. The summed E-state index contributed by atoms with van der Waals surface area (Å²) in [4.78, 5) is 83.0. The molecule has 0 spiro atoms. The predicted molar refractivity (Wildman–Crippen MR) is 325 cm³/mol. The summed E-state index contributed by atoms with van der Waals surface area (Å²) in [7, 11) is 11.8. The first kappa shape index (κ1) is 82.6. The van der Waals surface area contributed by atoms with Crippen LogP contribution in [0.5, 0.6) is 86.2 Å². The molecule has 0 unspecified atom stereocenters. The van der Waals surface area contributed by atoms with Crippen molar-refractivity contribution in [3.8, 4) is 86.2 Å². The molecule has 10 rings (SSSR count). The van der Waals surface area contributed by atoms with Gasteiger partial charge in [0.2, 0.25) is 40.2 Å². The topological polar surface area (TPSA) is 441 Å². The first-order valence-electron chi connectivity index (χ1n) is 25.9. The van der Waals surface area contributed by atoms with E-state index in [4.69, 9.17) is 88.5 Å². The van der Waals surface area contributed by atoms with Crippen molar-refractivity contribution in [3.05, 3.63) is 107 Å². The third-order valence-corrected chi connectivity index (χ3v) is 13.8. The molecule has 0 saturated heterocycles. The number of esters is 4. The minimum atomic E-state index is -1.50. The van der Waals surface area contributed by atoms with Crippen molar-refractivity contribution in [1.29, 1.82) is 0 Å². The molecule has 6 aromatic rings. The number of carbonyl (C=O) groups is 4. The Morgan fingerprint density at radius 2 is 0.895 bits per heavy atom. The van der Waals surface area contributed by atoms with Crippen LogP contribution in [0, 0.1) is 30.3 Å². The fourth-order valence-corrected chi connectivity index (χ4v) is 8.04. The van der Waals surface area contributed by atoms with Crippen molar-refractivity contribution >= 4 is 89.6 Å². The molecule has 35 nitrogen and oxygen atoms in total. The van der Waals surface area contributed by atoms with E-state index >= 15 is 0 Å². The Hall–Kier alpha value is -8.45. The molecular weight excluding hydrogens is 1560 g/mol. The van der Waals surface area contributed by atoms with E-state index in [1.165, 1.54) is 67.2 Å². The molecule has 0 bridgehead atoms. The number of aromatic hydroxyl groups is 2. The average molecular weight is 1620 g/mol. The summed E-state index contributed by atoms with van der Waals surface area (Å²) in [5.41, 5.74) is -0.341. The van der Waals surface area contributed by atoms with Crippen LogP contribution in [0.3, 0.4) is 0 Å². The maximum Gasteiger partial charge on any atom is 1.00 e. The Bertz CT molecular complexity index is 3570. The zero-order valence-corrected chi connectivity index (χ0v) is 62.0. The number of halogens is 4. The van der Waals surface area contributed by atoms with Gasteiger partial charge in [-0.2, -0.15) is 0 Å². The van der Waals surface area contributed by atoms with Crippen molar-refractivity contribution in [2.45, 2.75) is 0 Å². The van der Waals surface area contributed by atoms with Gasteiger partial charge in [0, 0.05) is 28.2 Å². The van der Waals surface area contributed by atoms with Gasteiger partial charge < -0.3 is 101 Å². The number of hydrogen-bond donors (Lipinski definition) is 3. The van der Waals surface area contributed by atoms with Gasteiger partial charge in [0.1, 0.15) is 81.0 Å². The van der Waals surface area contributed by atoms with Crippen LogP contribution in [-0.4, -0.2) is 192 Å². The standard InChI is InChI=1S/C11H9ClN2O3.2C11H11NO7.C11H12O5.C9H10O5.C2H4Br2.Cs.FH.HNO3/c1-15-7-4-6-8(13-5-14-11(6)12)10-9(7)16-2-3-17-10;1-16-10-8(12(14)15)6(11(13)17-2)5-7-9(10)19-4-3-18-7;1-16-7-5-6(11(13)17-2)8(12(14)15)10-9(7)18-3-4-19-10;1-13-8-5-7(11(12)14-2)6-9-10(8)16-4-3-15-9;1-13-7-4-5(9(12)14-2)3-6(10)8(7)11;3-1-2-4;;;2-1(3)4/h4-5H,2-3H2,1H3;2*5H,3-4H2,1-2H3;5-6H,3-4H2,1-2H3;3-4,10-11H,1-2H3;1-2H2;;1H;(H,2,3,4)/q;;;;;;+1;;/p-1. The van der Waals surface area contributed by atoms with Crippen molar-refractivity contribution in [2.24, 2.45) is 0 Å². The molecule has 512 valence electrons. The summed E-state index contributed by atoms with van der Waals surface area (Å²) >= 11 is 12.4. The maximum atomic E-state index is 11.6. The number of hydrogen-bond acceptors (Lipinski definition) is 31. The van der Waals surface area contributed by atoms with Crippen LogP contribution in [0.1, 0.15) is 41.4 Å². The van der Waals surface area contributed by atoms with Crippen LogP contribution in [0.25, 0.3) is 10.9 Å². The van der Waals surface area contributed by atoms with Crippen LogP contribution in [0.15, 0.2) is 48.8 Å². The number of nitro groups is 2. The molecule has 0 fully saturated rings. The average Bonchev–Trinajstić information content (AvgIpc) is 0.795. The van der Waals surface area contributed by atoms with Crippen LogP contribution in [0.4, 0.5) is 11.4 Å². The largest absolute Gasteiger partial charge is 1.00 e. The van der Waals surface area contributed by atoms with E-state index in [-0.39, 0.29) is 157 Å². The minimum absolute atomic E-state index is 0. The number of nitro benzene ring substituents is 2. The first-order valence-corrected chi connectivity index (χ1v) is 28.6. The van der Waals surface area contributed by atoms with E-state index in [1.54, 1.807) is 25.3 Å². The van der Waals surface area contributed by atoms with Gasteiger partial charge in [-0.25, -0.2) is 29.1 Å². The molecule has 4 aliphatic rings. The van der Waals surface area contributed by atoms with E-state index in [9.17, 15) is 49.6 Å². The van der Waals surface area contributed by atoms with Crippen LogP contribution in [-0.2, 0) is 18.9 Å². The summed E-state index contributed by atoms with van der Waals surface area (Å²) in [6.45, 7) is 2.85. The normalized spacial score (nSPS) is 11.7. The second-order valence-corrected chi connectivity index (χ2v) is 18.9. The van der Waals surface area contributed by atoms with E-state index < -0.39 is 61.7 Å². The summed E-state index contributed by atoms with van der Waals surface area (Å²) in [6.07, 6.45) is 1.40. The minimum Gasteiger partial charge on any atom is -1.00 e. The Morgan fingerprint density at radius 3 is 1.36 bits per heavy atom. The molecule has 1 aromatic heterocycles. The SMILES string of the molecule is BrCCBr.COC(=O)c1cc(O)c(O)c(OC)c1.COC(=O)c1cc(OC)c2c(c1)OCCO2.COC(=O)c1cc(OC)c2c(c1[N+](=O)[O-])OCCO2.COC(=O)c1cc2c(c(OC)c1[N+](=O)[O-])OCCO2.COc1cc2c(Cl)ncnc2c2c1OCCO2.O=[N+]([O-])O.[Cs+].[F-]. The third-order valence-electron chi connectivity index (χ3n) is 11.7. The zero-order valence-electron chi connectivity index (χ0n) is 51.8. The Morgan fingerprint density at radius 1 is 0.505 bits per heavy atom. The number of carbonyl (C=O) groups excluding carboxylic acids is 4. The van der Waals surface area contributed by atoms with Gasteiger partial charge >= 0.3 is 104 Å². The quantitative estimate of drug-likeness (QED) is 0.0300. The molecule has 95 heavy (non-hydrogen) atoms. The van der Waals surface area contributed by atoms with Crippen LogP contribution in [0.2, 0.25) is 5.15 Å². The number of rotatable bonds is 12. The molecule has 40 heteroatoms. The third kappa shape index (κ3) is 22.1. The van der Waals surface area contributed by atoms with E-state index in [0.717, 1.165) is 30.9 Å². The van der Waals surface area contributed by atoms with Gasteiger partial charge in [-0.1, -0.05) is 43.5 Å². The van der Waals surface area contributed by atoms with E-state index in [0.29, 0.717) is 82.5 Å². The van der Waals surface area contributed by atoms with Crippen LogP contribution < -0.4 is 135 Å². The molecule has 5 heterocycles. The number of phenolic OH excluding ortho intramolecular Hbond substituents is 2. The molecule has 5 aromatic carbocycles. The van der Waals surface area contributed by atoms with Gasteiger partial charge in [-0.05, 0) is 30.3 Å². The molecule has 0 aliphatic carbocycles. The number of methoxy groups -OCH3 is 9. The number of nitrogens with zero attached hydrogens (tertiary/aromatic N) is 5. The second kappa shape index (κ2) is 41.4. The van der Waals surface area contributed by atoms with Gasteiger partial charge in [0.25, 0.3) is 5.09 Å². The number of fused-ring (bicyclic) bond motifs is 6. The molecule has 4 aliphatic heterocycles. The van der Waals surface area contributed by atoms with Crippen molar-refractivity contribution in [1.82, 2.24) is 9.97 Å². The second-order valence-electron chi connectivity index (χ2n) is 17.0. The van der Waals surface area contributed by atoms with E-state index in [2.05, 4.69) is 60.8 Å². The molecule has 0 saturated carbocycles. The van der Waals surface area contributed by atoms with Crippen molar-refractivity contribution < 1.29 is 204 Å². The molecular formula is C55H58Br2ClCsFN5O30. The summed E-state index contributed by atoms with van der Waals surface area (Å²) < 4.78 is 86.3. The smallest absolute Gasteiger partial charge is 1.00 e. The molecule has 3 N–H and O–H groups in total. The number of aromatic nitrogens is 2. The summed E-state index contributed by atoms with van der Waals surface area (Å²) in [5, 5.41) is 57.5. The summed E-state index contributed by atoms with van der Waals surface area (Å²) in [5.74, 6) is 0.0348. The Balaban J connectivity index is 0.000000392. The molecule has 0 radical (unpaired) electrons. The first-order chi connectivity index (χ1) is 44.5. The van der Waals surface area contributed by atoms with E-state index in [1.807, 2.05) is 0 Å². The van der Waals surface area contributed by atoms with Gasteiger partial charge in [0.05, 0.1) is 85.0 Å². The number of phenols is 2. The van der Waals surface area contributed by atoms with Crippen molar-refractivity contribution in [2.75, 3.05) is 128 Å². The predicted octanol–water partition coefficient (Wildman–Crippen LogP) is 1.97. The number of ether oxygens (including phenoxy) is 17. The van der Waals surface area contributed by atoms with Gasteiger partial charge in [-0.3, -0.25) is 20.2 Å². The van der Waals surface area contributed by atoms with Crippen LogP contribution >= 0.6 is 43.5 Å². The monoisotopic (exact) mass is 1610 g/mol. The number of benzene rings is 5. The van der Waals surface area contributed by atoms with Crippen molar-refractivity contribution in [3.63, 3.8) is 0 Å². The Kier molecular flexibility index (Phi) is 36.0. The summed E-state index contributed by atoms with van der Waals surface area (Å²) in [6, 6.07) is 9.72. The van der Waals surface area contributed by atoms with Gasteiger partial charge in [0.15, 0.2) is 46.0 Å². The number of alkyl halides is 2. The fraction of sp³-hybridized carbons (Fsp3) is 0.345. The zero-order chi connectivity index (χ0) is 69.1.